The number of carboxylic acids is 1. The summed E-state index contributed by atoms with van der Waals surface area (Å²) in [6, 6.07) is 12.2. The van der Waals surface area contributed by atoms with Crippen molar-refractivity contribution in [3.63, 3.8) is 0 Å². The van der Waals surface area contributed by atoms with Crippen LogP contribution in [0.4, 0.5) is 5.69 Å². The van der Waals surface area contributed by atoms with Crippen LogP contribution in [0.15, 0.2) is 59.5 Å². The van der Waals surface area contributed by atoms with E-state index in [2.05, 4.69) is 16.0 Å². The van der Waals surface area contributed by atoms with Crippen molar-refractivity contribution in [2.45, 2.75) is 55.5 Å². The van der Waals surface area contributed by atoms with Crippen LogP contribution in [0.5, 0.6) is 0 Å². The lowest BCUT2D eigenvalue weighted by Crippen LogP contribution is -2.51. The van der Waals surface area contributed by atoms with Gasteiger partial charge in [-0.05, 0) is 55.5 Å². The van der Waals surface area contributed by atoms with Crippen molar-refractivity contribution in [3.05, 3.63) is 60.2 Å². The highest BCUT2D eigenvalue weighted by molar-refractivity contribution is 7.89. The van der Waals surface area contributed by atoms with Crippen molar-refractivity contribution in [3.8, 4) is 0 Å². The van der Waals surface area contributed by atoms with Crippen molar-refractivity contribution in [2.24, 2.45) is 5.73 Å². The van der Waals surface area contributed by atoms with Gasteiger partial charge in [-0.15, -0.1) is 0 Å². The number of unbranched alkanes of at least 4 members (excludes halogenated alkanes) is 1. The number of aliphatic carboxylic acids is 1. The van der Waals surface area contributed by atoms with Gasteiger partial charge in [0.05, 0.1) is 4.90 Å². The number of amides is 2. The zero-order chi connectivity index (χ0) is 28.4. The largest absolute Gasteiger partial charge is 0.480 e. The number of benzene rings is 2. The van der Waals surface area contributed by atoms with Gasteiger partial charge in [0.15, 0.2) is 5.96 Å². The van der Waals surface area contributed by atoms with Gasteiger partial charge in [-0.3, -0.25) is 15.0 Å². The molecule has 1 saturated heterocycles. The fourth-order valence-corrected chi connectivity index (χ4v) is 5.98. The van der Waals surface area contributed by atoms with Crippen molar-refractivity contribution >= 4 is 39.5 Å². The monoisotopic (exact) mass is 558 g/mol. The molecule has 1 unspecified atom stereocenters. The van der Waals surface area contributed by atoms with Gasteiger partial charge >= 0.3 is 5.97 Å². The summed E-state index contributed by atoms with van der Waals surface area (Å²) in [5, 5.41) is 24.8. The van der Waals surface area contributed by atoms with Gasteiger partial charge in [0.25, 0.3) is 0 Å². The lowest BCUT2D eigenvalue weighted by atomic mass is 10.0. The third-order valence-electron chi connectivity index (χ3n) is 6.29. The minimum atomic E-state index is -3.90. The fourth-order valence-electron chi connectivity index (χ4n) is 4.30. The lowest BCUT2D eigenvalue weighted by molar-refractivity contribution is -0.142. The Morgan fingerprint density at radius 3 is 2.41 bits per heavy atom. The molecule has 0 spiro atoms. The molecule has 3 rings (SSSR count). The minimum absolute atomic E-state index is 0.0173. The second-order valence-corrected chi connectivity index (χ2v) is 11.1. The van der Waals surface area contributed by atoms with Gasteiger partial charge in [0.2, 0.25) is 21.8 Å². The first-order chi connectivity index (χ1) is 18.6. The van der Waals surface area contributed by atoms with Crippen LogP contribution in [0.25, 0.3) is 0 Å². The van der Waals surface area contributed by atoms with Crippen molar-refractivity contribution < 1.29 is 27.9 Å². The van der Waals surface area contributed by atoms with Gasteiger partial charge in [-0.2, -0.15) is 4.31 Å². The summed E-state index contributed by atoms with van der Waals surface area (Å²) < 4.78 is 27.3. The predicted octanol–water partition coefficient (Wildman–Crippen LogP) is 1.24. The molecular formula is C26H34N6O6S. The van der Waals surface area contributed by atoms with Gasteiger partial charge in [0, 0.05) is 31.6 Å². The normalized spacial score (nSPS) is 16.3. The predicted molar refractivity (Wildman–Crippen MR) is 145 cm³/mol. The smallest absolute Gasteiger partial charge is 0.326 e. The van der Waals surface area contributed by atoms with Gasteiger partial charge < -0.3 is 26.8 Å². The first kappa shape index (κ1) is 29.6. The molecule has 7 N–H and O–H groups in total. The molecule has 0 aromatic heterocycles. The summed E-state index contributed by atoms with van der Waals surface area (Å²) in [7, 11) is -3.90. The highest BCUT2D eigenvalue weighted by Gasteiger charge is 2.40. The van der Waals surface area contributed by atoms with Gasteiger partial charge in [-0.1, -0.05) is 30.3 Å². The van der Waals surface area contributed by atoms with E-state index >= 15 is 0 Å². The number of anilines is 1. The maximum Gasteiger partial charge on any atom is 0.326 e. The molecule has 12 nitrogen and oxygen atoms in total. The summed E-state index contributed by atoms with van der Waals surface area (Å²) in [5.41, 5.74) is 6.38. The number of carbonyl (C=O) groups excluding carboxylic acids is 2. The Balaban J connectivity index is 1.55. The van der Waals surface area contributed by atoms with E-state index in [0.29, 0.717) is 49.9 Å². The lowest BCUT2D eigenvalue weighted by Gasteiger charge is -2.25. The third-order valence-corrected chi connectivity index (χ3v) is 8.22. The molecule has 0 saturated carbocycles. The second-order valence-electron chi connectivity index (χ2n) is 9.23. The number of rotatable bonds is 13. The summed E-state index contributed by atoms with van der Waals surface area (Å²) >= 11 is 0. The van der Waals surface area contributed by atoms with Gasteiger partial charge in [0.1, 0.15) is 12.1 Å². The Morgan fingerprint density at radius 2 is 1.77 bits per heavy atom. The standard InChI is InChI=1S/C26H34N6O6S/c27-26(28)29-15-5-4-10-23(33)30-19-13-11-18(12-14-19)17-21(25(35)36)31-24(34)22-9-6-16-32(22)39(37,38)20-7-2-1-3-8-20/h1-3,7-8,11-14,21-22H,4-6,9-10,15-17H2,(H,30,33)(H,31,34)(H,35,36)(H4,27,28,29)/t21?,22-/m0/s1. The van der Waals surface area contributed by atoms with E-state index in [0.717, 1.165) is 4.31 Å². The number of carbonyl (C=O) groups is 3. The Labute approximate surface area is 227 Å². The first-order valence-electron chi connectivity index (χ1n) is 12.6. The number of nitrogens with one attached hydrogen (secondary N) is 4. The van der Waals surface area contributed by atoms with Gasteiger partial charge in [-0.25, -0.2) is 13.2 Å². The number of nitrogens with two attached hydrogens (primary N) is 1. The van der Waals surface area contributed by atoms with E-state index in [4.69, 9.17) is 11.1 Å². The zero-order valence-corrected chi connectivity index (χ0v) is 22.2. The Bertz CT molecular complexity index is 1270. The van der Waals surface area contributed by atoms with E-state index in [1.54, 1.807) is 42.5 Å². The SMILES string of the molecule is N=C(N)NCCCCC(=O)Nc1ccc(CC(NC(=O)[C@@H]2CCCN2S(=O)(=O)c2ccccc2)C(=O)O)cc1. The number of hydrogen-bond donors (Lipinski definition) is 6. The topological polar surface area (TPSA) is 195 Å². The summed E-state index contributed by atoms with van der Waals surface area (Å²) in [6.45, 7) is 0.690. The molecule has 2 aromatic rings. The van der Waals surface area contributed by atoms with Crippen molar-refractivity contribution in [2.75, 3.05) is 18.4 Å². The zero-order valence-electron chi connectivity index (χ0n) is 21.4. The molecule has 1 fully saturated rings. The van der Waals surface area contributed by atoms with Crippen molar-refractivity contribution in [1.29, 1.82) is 5.41 Å². The van der Waals surface area contributed by atoms with Crippen LogP contribution in [0.3, 0.4) is 0 Å². The maximum atomic E-state index is 13.1. The molecule has 13 heteroatoms. The van der Waals surface area contributed by atoms with Crippen molar-refractivity contribution in [1.82, 2.24) is 14.9 Å². The van der Waals surface area contributed by atoms with Crippen LogP contribution >= 0.6 is 0 Å². The quantitative estimate of drug-likeness (QED) is 0.120. The van der Waals surface area contributed by atoms with Crippen LogP contribution < -0.4 is 21.7 Å². The molecule has 1 aliphatic rings. The van der Waals surface area contributed by atoms with E-state index in [9.17, 15) is 27.9 Å². The summed E-state index contributed by atoms with van der Waals surface area (Å²) in [6.07, 6.45) is 2.37. The molecule has 0 aliphatic carbocycles. The summed E-state index contributed by atoms with van der Waals surface area (Å²) in [5.74, 6) is -2.18. The molecule has 0 radical (unpaired) electrons. The fraction of sp³-hybridized carbons (Fsp3) is 0.385. The van der Waals surface area contributed by atoms with Crippen LogP contribution in [0.1, 0.15) is 37.7 Å². The van der Waals surface area contributed by atoms with Crippen LogP contribution in [-0.4, -0.2) is 66.7 Å². The molecule has 1 aliphatic heterocycles. The molecular weight excluding hydrogens is 524 g/mol. The van der Waals surface area contributed by atoms with E-state index in [1.807, 2.05) is 0 Å². The third kappa shape index (κ3) is 8.52. The average Bonchev–Trinajstić information content (AvgIpc) is 3.41. The Morgan fingerprint density at radius 1 is 1.08 bits per heavy atom. The molecule has 1 heterocycles. The number of hydrogen-bond acceptors (Lipinski definition) is 6. The molecule has 0 bridgehead atoms. The molecule has 210 valence electrons. The highest BCUT2D eigenvalue weighted by atomic mass is 32.2. The number of sulfonamides is 1. The summed E-state index contributed by atoms with van der Waals surface area (Å²) in [4.78, 5) is 37.2. The number of guanidine groups is 1. The van der Waals surface area contributed by atoms with Crippen LogP contribution in [-0.2, 0) is 30.8 Å². The Hall–Kier alpha value is -3.97. The molecule has 2 amide bonds. The number of carboxylic acid groups (broad SMARTS) is 1. The highest BCUT2D eigenvalue weighted by Crippen LogP contribution is 2.26. The van der Waals surface area contributed by atoms with E-state index in [-0.39, 0.29) is 29.7 Å². The molecule has 2 atom stereocenters. The average molecular weight is 559 g/mol. The van der Waals surface area contributed by atoms with Crippen LogP contribution in [0.2, 0.25) is 0 Å². The maximum absolute atomic E-state index is 13.1. The second kappa shape index (κ2) is 13.7. The molecule has 2 aromatic carbocycles. The minimum Gasteiger partial charge on any atom is -0.480 e. The van der Waals surface area contributed by atoms with E-state index in [1.165, 1.54) is 12.1 Å². The van der Waals surface area contributed by atoms with E-state index < -0.39 is 34.0 Å². The molecule has 39 heavy (non-hydrogen) atoms. The van der Waals surface area contributed by atoms with Crippen LogP contribution in [0, 0.1) is 5.41 Å². The number of nitrogens with zero attached hydrogens (tertiary/aromatic N) is 1. The first-order valence-corrected chi connectivity index (χ1v) is 14.1. The Kier molecular flexibility index (Phi) is 10.4.